The molecule has 0 unspecified atom stereocenters. The predicted molar refractivity (Wildman–Crippen MR) is 78.3 cm³/mol. The molecule has 0 bridgehead atoms. The van der Waals surface area contributed by atoms with Gasteiger partial charge in [-0.1, -0.05) is 48.5 Å². The highest BCUT2D eigenvalue weighted by molar-refractivity contribution is 7.89. The van der Waals surface area contributed by atoms with Gasteiger partial charge < -0.3 is 0 Å². The van der Waals surface area contributed by atoms with Gasteiger partial charge in [0, 0.05) is 13.1 Å². The summed E-state index contributed by atoms with van der Waals surface area (Å²) in [5.41, 5.74) is 0. The smallest absolute Gasteiger partial charge is 0.207 e. The zero-order valence-corrected chi connectivity index (χ0v) is 13.1. The fraction of sp³-hybridized carbons (Fsp3) is 0.538. The summed E-state index contributed by atoms with van der Waals surface area (Å²) in [5, 5.41) is 0.367. The minimum Gasteiger partial charge on any atom is -0.207 e. The van der Waals surface area contributed by atoms with Crippen molar-refractivity contribution in [2.75, 3.05) is 7.05 Å². The average Bonchev–Trinajstić information content (AvgIpc) is 2.41. The van der Waals surface area contributed by atoms with Crippen molar-refractivity contribution in [3.63, 3.8) is 0 Å². The van der Waals surface area contributed by atoms with E-state index in [0.29, 0.717) is 0 Å². The second kappa shape index (κ2) is 6.00. The first-order valence-electron chi connectivity index (χ1n) is 6.36. The summed E-state index contributed by atoms with van der Waals surface area (Å²) in [6.45, 7) is 0. The maximum absolute atomic E-state index is 12.6. The Morgan fingerprint density at radius 3 is 2.42 bits per heavy atom. The molecule has 0 aliphatic heterocycles. The van der Waals surface area contributed by atoms with Crippen LogP contribution in [0.15, 0.2) is 23.1 Å². The molecule has 6 heteroatoms. The molecule has 0 aromatic heterocycles. The summed E-state index contributed by atoms with van der Waals surface area (Å²) in [7, 11) is -1.95. The van der Waals surface area contributed by atoms with Gasteiger partial charge in [-0.25, -0.2) is 8.42 Å². The quantitative estimate of drug-likeness (QED) is 0.845. The zero-order valence-electron chi connectivity index (χ0n) is 10.8. The van der Waals surface area contributed by atoms with E-state index in [1.807, 2.05) is 0 Å². The lowest BCUT2D eigenvalue weighted by atomic mass is 9.96. The molecule has 0 amide bonds. The number of nitrogens with zero attached hydrogens (tertiary/aromatic N) is 1. The van der Waals surface area contributed by atoms with Crippen molar-refractivity contribution in [1.29, 1.82) is 0 Å². The van der Waals surface area contributed by atoms with Gasteiger partial charge in [0.25, 0.3) is 0 Å². The van der Waals surface area contributed by atoms with Gasteiger partial charge in [-0.2, -0.15) is 4.31 Å². The van der Waals surface area contributed by atoms with Crippen molar-refractivity contribution in [2.45, 2.75) is 43.0 Å². The van der Waals surface area contributed by atoms with Crippen molar-refractivity contribution in [3.05, 3.63) is 28.2 Å². The molecular weight excluding hydrogens is 305 g/mol. The van der Waals surface area contributed by atoms with E-state index in [9.17, 15) is 8.42 Å². The summed E-state index contributed by atoms with van der Waals surface area (Å²) in [4.78, 5) is 0.0924. The lowest BCUT2D eigenvalue weighted by Crippen LogP contribution is -2.38. The second-order valence-electron chi connectivity index (χ2n) is 4.87. The number of halogens is 2. The Balaban J connectivity index is 2.33. The second-order valence-corrected chi connectivity index (χ2v) is 7.62. The van der Waals surface area contributed by atoms with Crippen LogP contribution in [0.25, 0.3) is 0 Å². The summed E-state index contributed by atoms with van der Waals surface area (Å²) in [6, 6.07) is 4.76. The molecule has 19 heavy (non-hydrogen) atoms. The molecule has 0 atom stereocenters. The number of sulfonamides is 1. The Kier molecular flexibility index (Phi) is 4.77. The van der Waals surface area contributed by atoms with Crippen LogP contribution in [0.5, 0.6) is 0 Å². The molecule has 2 rings (SSSR count). The fourth-order valence-electron chi connectivity index (χ4n) is 2.48. The Labute approximate surface area is 124 Å². The van der Waals surface area contributed by atoms with E-state index in [1.165, 1.54) is 16.8 Å². The summed E-state index contributed by atoms with van der Waals surface area (Å²) < 4.78 is 26.6. The van der Waals surface area contributed by atoms with Gasteiger partial charge in [-0.15, -0.1) is 0 Å². The lowest BCUT2D eigenvalue weighted by Gasteiger charge is -2.30. The topological polar surface area (TPSA) is 37.4 Å². The van der Waals surface area contributed by atoms with Crippen LogP contribution in [-0.2, 0) is 10.0 Å². The minimum atomic E-state index is -3.57. The Morgan fingerprint density at radius 2 is 1.79 bits per heavy atom. The molecule has 1 aromatic rings. The van der Waals surface area contributed by atoms with Gasteiger partial charge in [-0.05, 0) is 25.0 Å². The van der Waals surface area contributed by atoms with Gasteiger partial charge in [0.15, 0.2) is 0 Å². The van der Waals surface area contributed by atoms with E-state index in [2.05, 4.69) is 0 Å². The Hall–Kier alpha value is -0.290. The first kappa shape index (κ1) is 15.1. The molecule has 1 aliphatic carbocycles. The van der Waals surface area contributed by atoms with Crippen molar-refractivity contribution in [2.24, 2.45) is 0 Å². The van der Waals surface area contributed by atoms with Gasteiger partial charge in [0.2, 0.25) is 10.0 Å². The highest BCUT2D eigenvalue weighted by Crippen LogP contribution is 2.33. The summed E-state index contributed by atoms with van der Waals surface area (Å²) in [6.07, 6.45) is 5.16. The maximum atomic E-state index is 12.6. The minimum absolute atomic E-state index is 0.0637. The molecule has 3 nitrogen and oxygen atoms in total. The van der Waals surface area contributed by atoms with Crippen LogP contribution < -0.4 is 0 Å². The largest absolute Gasteiger partial charge is 0.244 e. The van der Waals surface area contributed by atoms with E-state index in [0.717, 1.165) is 25.7 Å². The van der Waals surface area contributed by atoms with Crippen LogP contribution in [0, 0.1) is 0 Å². The van der Waals surface area contributed by atoms with E-state index >= 15 is 0 Å². The SMILES string of the molecule is CN(C1CCCCC1)S(=O)(=O)c1cccc(Cl)c1Cl. The monoisotopic (exact) mass is 321 g/mol. The number of rotatable bonds is 3. The van der Waals surface area contributed by atoms with Crippen LogP contribution in [-0.4, -0.2) is 25.8 Å². The molecule has 1 saturated carbocycles. The van der Waals surface area contributed by atoms with Gasteiger partial charge in [-0.3, -0.25) is 0 Å². The lowest BCUT2D eigenvalue weighted by molar-refractivity contribution is 0.286. The number of benzene rings is 1. The number of hydrogen-bond donors (Lipinski definition) is 0. The normalized spacial score (nSPS) is 17.9. The van der Waals surface area contributed by atoms with E-state index in [-0.39, 0.29) is 21.0 Å². The van der Waals surface area contributed by atoms with Crippen molar-refractivity contribution >= 4 is 33.2 Å². The zero-order chi connectivity index (χ0) is 14.0. The molecule has 1 fully saturated rings. The third-order valence-corrected chi connectivity index (χ3v) is 6.55. The first-order valence-corrected chi connectivity index (χ1v) is 8.56. The van der Waals surface area contributed by atoms with Crippen LogP contribution in [0.1, 0.15) is 32.1 Å². The van der Waals surface area contributed by atoms with Crippen molar-refractivity contribution in [3.8, 4) is 0 Å². The van der Waals surface area contributed by atoms with Crippen molar-refractivity contribution < 1.29 is 8.42 Å². The van der Waals surface area contributed by atoms with Crippen LogP contribution in [0.2, 0.25) is 10.0 Å². The first-order chi connectivity index (χ1) is 8.94. The summed E-state index contributed by atoms with van der Waals surface area (Å²) >= 11 is 11.9. The molecule has 0 N–H and O–H groups in total. The van der Waals surface area contributed by atoms with E-state index < -0.39 is 10.0 Å². The average molecular weight is 322 g/mol. The Bertz CT molecular complexity index is 554. The predicted octanol–water partition coefficient (Wildman–Crippen LogP) is 3.95. The molecule has 0 heterocycles. The maximum Gasteiger partial charge on any atom is 0.244 e. The highest BCUT2D eigenvalue weighted by Gasteiger charge is 2.30. The van der Waals surface area contributed by atoms with Gasteiger partial charge in [0.05, 0.1) is 10.0 Å². The van der Waals surface area contributed by atoms with Crippen LogP contribution in [0.3, 0.4) is 0 Å². The molecule has 1 aliphatic rings. The number of hydrogen-bond acceptors (Lipinski definition) is 2. The molecule has 1 aromatic carbocycles. The van der Waals surface area contributed by atoms with E-state index in [4.69, 9.17) is 23.2 Å². The van der Waals surface area contributed by atoms with Crippen LogP contribution in [0.4, 0.5) is 0 Å². The third-order valence-electron chi connectivity index (χ3n) is 3.66. The Morgan fingerprint density at radius 1 is 1.16 bits per heavy atom. The molecule has 0 saturated heterocycles. The van der Waals surface area contributed by atoms with Crippen LogP contribution >= 0.6 is 23.2 Å². The van der Waals surface area contributed by atoms with Gasteiger partial charge in [0.1, 0.15) is 4.90 Å². The molecule has 106 valence electrons. The standard InChI is InChI=1S/C13H17Cl2NO2S/c1-16(10-6-3-2-4-7-10)19(17,18)12-9-5-8-11(14)13(12)15/h5,8-10H,2-4,6-7H2,1H3. The summed E-state index contributed by atoms with van der Waals surface area (Å²) in [5.74, 6) is 0. The molecule has 0 spiro atoms. The molecule has 0 radical (unpaired) electrons. The third kappa shape index (κ3) is 3.07. The van der Waals surface area contributed by atoms with E-state index in [1.54, 1.807) is 19.2 Å². The molecular formula is C13H17Cl2NO2S. The van der Waals surface area contributed by atoms with Gasteiger partial charge >= 0.3 is 0 Å². The van der Waals surface area contributed by atoms with Crippen molar-refractivity contribution in [1.82, 2.24) is 4.31 Å². The highest BCUT2D eigenvalue weighted by atomic mass is 35.5. The fourth-order valence-corrected chi connectivity index (χ4v) is 4.63.